The molecular formula is C23H21F5N4O. The molecule has 1 heterocycles. The first-order chi connectivity index (χ1) is 15.5. The van der Waals surface area contributed by atoms with Gasteiger partial charge >= 0.3 is 6.18 Å². The van der Waals surface area contributed by atoms with Gasteiger partial charge in [-0.3, -0.25) is 4.79 Å². The highest BCUT2D eigenvalue weighted by atomic mass is 19.4. The van der Waals surface area contributed by atoms with E-state index >= 15 is 0 Å². The highest BCUT2D eigenvalue weighted by molar-refractivity contribution is 5.95. The van der Waals surface area contributed by atoms with Gasteiger partial charge in [-0.25, -0.2) is 13.8 Å². The lowest BCUT2D eigenvalue weighted by Gasteiger charge is -2.18. The first-order valence-corrected chi connectivity index (χ1v) is 9.85. The summed E-state index contributed by atoms with van der Waals surface area (Å²) in [6.07, 6.45) is -5.11. The molecule has 174 valence electrons. The van der Waals surface area contributed by atoms with Crippen LogP contribution in [0.25, 0.3) is 0 Å². The number of anilines is 3. The molecular weight excluding hydrogens is 443 g/mol. The van der Waals surface area contributed by atoms with Crippen LogP contribution in [0.4, 0.5) is 39.3 Å². The summed E-state index contributed by atoms with van der Waals surface area (Å²) in [6, 6.07) is 11.7. The van der Waals surface area contributed by atoms with Crippen LogP contribution in [0.1, 0.15) is 16.7 Å². The zero-order valence-electron chi connectivity index (χ0n) is 17.8. The monoisotopic (exact) mass is 464 g/mol. The summed E-state index contributed by atoms with van der Waals surface area (Å²) < 4.78 is 64.9. The number of nitrogens with zero attached hydrogens (tertiary/aromatic N) is 2. The van der Waals surface area contributed by atoms with Crippen molar-refractivity contribution in [2.45, 2.75) is 19.1 Å². The molecule has 0 aliphatic rings. The van der Waals surface area contributed by atoms with Gasteiger partial charge < -0.3 is 15.5 Å². The number of carbonyl (C=O) groups excluding carboxylic acids is 1. The van der Waals surface area contributed by atoms with E-state index in [0.717, 1.165) is 11.6 Å². The van der Waals surface area contributed by atoms with Crippen LogP contribution in [-0.2, 0) is 23.9 Å². The van der Waals surface area contributed by atoms with Crippen molar-refractivity contribution in [1.82, 2.24) is 4.98 Å². The highest BCUT2D eigenvalue weighted by Crippen LogP contribution is 2.32. The fourth-order valence-electron chi connectivity index (χ4n) is 3.06. The molecule has 0 saturated carbocycles. The quantitative estimate of drug-likeness (QED) is 0.470. The standard InChI is InChI=1S/C23H21F5N4O/c1-32(2)22-19(9-10-20(31-22)29-13-14-3-6-16(24)7-4-14)30-21(33)12-15-5-8-17(18(25)11-15)23(26,27)28/h3-11H,12-13H2,1-2H3,(H,29,31)(H,30,33). The summed E-state index contributed by atoms with van der Waals surface area (Å²) in [7, 11) is 3.46. The molecule has 0 fully saturated rings. The lowest BCUT2D eigenvalue weighted by molar-refractivity contribution is -0.140. The van der Waals surface area contributed by atoms with Crippen LogP contribution in [0.15, 0.2) is 54.6 Å². The Bertz CT molecular complexity index is 1130. The number of hydrogen-bond donors (Lipinski definition) is 2. The molecule has 33 heavy (non-hydrogen) atoms. The van der Waals surface area contributed by atoms with E-state index in [4.69, 9.17) is 0 Å². The molecule has 1 aromatic heterocycles. The Morgan fingerprint density at radius 1 is 0.970 bits per heavy atom. The molecule has 2 aromatic carbocycles. The number of pyridine rings is 1. The van der Waals surface area contributed by atoms with Crippen molar-refractivity contribution in [3.8, 4) is 0 Å². The highest BCUT2D eigenvalue weighted by Gasteiger charge is 2.33. The zero-order valence-corrected chi connectivity index (χ0v) is 17.8. The number of carbonyl (C=O) groups is 1. The predicted octanol–water partition coefficient (Wildman–Crippen LogP) is 5.24. The Kier molecular flexibility index (Phi) is 7.15. The number of benzene rings is 2. The van der Waals surface area contributed by atoms with Gasteiger partial charge in [0.05, 0.1) is 17.7 Å². The summed E-state index contributed by atoms with van der Waals surface area (Å²) in [6.45, 7) is 0.408. The Morgan fingerprint density at radius 3 is 2.24 bits per heavy atom. The fourth-order valence-corrected chi connectivity index (χ4v) is 3.06. The fraction of sp³-hybridized carbons (Fsp3) is 0.217. The van der Waals surface area contributed by atoms with Crippen molar-refractivity contribution in [2.24, 2.45) is 0 Å². The van der Waals surface area contributed by atoms with Gasteiger partial charge in [-0.2, -0.15) is 13.2 Å². The second-order valence-corrected chi connectivity index (χ2v) is 7.48. The van der Waals surface area contributed by atoms with E-state index < -0.39 is 23.5 Å². The van der Waals surface area contributed by atoms with Crippen LogP contribution in [0.5, 0.6) is 0 Å². The summed E-state index contributed by atoms with van der Waals surface area (Å²) in [4.78, 5) is 18.6. The van der Waals surface area contributed by atoms with Crippen LogP contribution in [0.2, 0.25) is 0 Å². The van der Waals surface area contributed by atoms with Gasteiger partial charge in [0, 0.05) is 20.6 Å². The number of halogens is 5. The lowest BCUT2D eigenvalue weighted by Crippen LogP contribution is -2.20. The summed E-state index contributed by atoms with van der Waals surface area (Å²) in [5.41, 5.74) is -0.0418. The van der Waals surface area contributed by atoms with Crippen molar-refractivity contribution in [1.29, 1.82) is 0 Å². The van der Waals surface area contributed by atoms with E-state index in [1.807, 2.05) is 0 Å². The minimum atomic E-state index is -4.80. The van der Waals surface area contributed by atoms with Gasteiger partial charge in [0.15, 0.2) is 5.82 Å². The van der Waals surface area contributed by atoms with Crippen molar-refractivity contribution in [2.75, 3.05) is 29.6 Å². The molecule has 0 unspecified atom stereocenters. The second-order valence-electron chi connectivity index (χ2n) is 7.48. The Hall–Kier alpha value is -3.69. The first kappa shape index (κ1) is 24.0. The van der Waals surface area contributed by atoms with E-state index in [0.29, 0.717) is 36.0 Å². The average Bonchev–Trinajstić information content (AvgIpc) is 2.73. The third-order valence-electron chi connectivity index (χ3n) is 4.66. The number of amides is 1. The molecule has 0 radical (unpaired) electrons. The first-order valence-electron chi connectivity index (χ1n) is 9.85. The SMILES string of the molecule is CN(C)c1nc(NCc2ccc(F)cc2)ccc1NC(=O)Cc1ccc(C(F)(F)F)c(F)c1. The van der Waals surface area contributed by atoms with Gasteiger partial charge in [0.25, 0.3) is 0 Å². The van der Waals surface area contributed by atoms with E-state index in [9.17, 15) is 26.7 Å². The topological polar surface area (TPSA) is 57.3 Å². The van der Waals surface area contributed by atoms with Gasteiger partial charge in [-0.05, 0) is 47.5 Å². The molecule has 0 saturated heterocycles. The van der Waals surface area contributed by atoms with Crippen molar-refractivity contribution in [3.05, 3.63) is 82.9 Å². The van der Waals surface area contributed by atoms with E-state index in [-0.39, 0.29) is 17.8 Å². The predicted molar refractivity (Wildman–Crippen MR) is 116 cm³/mol. The molecule has 2 N–H and O–H groups in total. The van der Waals surface area contributed by atoms with Crippen LogP contribution in [-0.4, -0.2) is 25.0 Å². The normalized spacial score (nSPS) is 11.2. The number of nitrogens with one attached hydrogen (secondary N) is 2. The number of aromatic nitrogens is 1. The smallest absolute Gasteiger partial charge is 0.366 e. The number of alkyl halides is 3. The van der Waals surface area contributed by atoms with Crippen molar-refractivity contribution >= 4 is 23.2 Å². The van der Waals surface area contributed by atoms with Gasteiger partial charge in [0.1, 0.15) is 17.5 Å². The van der Waals surface area contributed by atoms with Crippen LogP contribution in [0.3, 0.4) is 0 Å². The Labute approximate surface area is 187 Å². The summed E-state index contributed by atoms with van der Waals surface area (Å²) >= 11 is 0. The van der Waals surface area contributed by atoms with E-state index in [1.54, 1.807) is 43.3 Å². The minimum absolute atomic E-state index is 0.106. The van der Waals surface area contributed by atoms with Crippen LogP contribution < -0.4 is 15.5 Å². The minimum Gasteiger partial charge on any atom is -0.366 e. The van der Waals surface area contributed by atoms with Gasteiger partial charge in [0.2, 0.25) is 5.91 Å². The van der Waals surface area contributed by atoms with Gasteiger partial charge in [-0.1, -0.05) is 18.2 Å². The molecule has 3 rings (SSSR count). The number of hydrogen-bond acceptors (Lipinski definition) is 4. The van der Waals surface area contributed by atoms with Crippen molar-refractivity contribution in [3.63, 3.8) is 0 Å². The molecule has 5 nitrogen and oxygen atoms in total. The molecule has 0 aliphatic heterocycles. The molecule has 0 spiro atoms. The molecule has 3 aromatic rings. The van der Waals surface area contributed by atoms with Crippen LogP contribution in [0, 0.1) is 11.6 Å². The average molecular weight is 464 g/mol. The second kappa shape index (κ2) is 9.85. The molecule has 0 aliphatic carbocycles. The van der Waals surface area contributed by atoms with Gasteiger partial charge in [-0.15, -0.1) is 0 Å². The molecule has 10 heteroatoms. The molecule has 0 atom stereocenters. The molecule has 0 bridgehead atoms. The zero-order chi connectivity index (χ0) is 24.2. The maximum Gasteiger partial charge on any atom is 0.419 e. The maximum atomic E-state index is 13.8. The Balaban J connectivity index is 1.69. The van der Waals surface area contributed by atoms with E-state index in [1.165, 1.54) is 12.1 Å². The summed E-state index contributed by atoms with van der Waals surface area (Å²) in [5, 5.41) is 5.77. The van der Waals surface area contributed by atoms with E-state index in [2.05, 4.69) is 15.6 Å². The Morgan fingerprint density at radius 2 is 1.64 bits per heavy atom. The summed E-state index contributed by atoms with van der Waals surface area (Å²) in [5.74, 6) is -1.34. The largest absolute Gasteiger partial charge is 0.419 e. The third kappa shape index (κ3) is 6.41. The third-order valence-corrected chi connectivity index (χ3v) is 4.66. The maximum absolute atomic E-state index is 13.8. The number of rotatable bonds is 7. The van der Waals surface area contributed by atoms with Crippen LogP contribution >= 0.6 is 0 Å². The lowest BCUT2D eigenvalue weighted by atomic mass is 10.1. The van der Waals surface area contributed by atoms with Crippen molar-refractivity contribution < 1.29 is 26.7 Å². The molecule has 1 amide bonds.